The number of ether oxygens (including phenoxy) is 1. The number of hydrogen-bond acceptors (Lipinski definition) is 7. The SMILES string of the molecule is CCc1nc(NC(=O)CN2CCS(=O)(=O)[C@H]3COCC[C@H]32)sc1C. The van der Waals surface area contributed by atoms with Gasteiger partial charge in [-0.25, -0.2) is 13.4 Å². The molecule has 2 saturated heterocycles. The third-order valence-electron chi connectivity index (χ3n) is 4.68. The maximum Gasteiger partial charge on any atom is 0.240 e. The quantitative estimate of drug-likeness (QED) is 0.841. The van der Waals surface area contributed by atoms with Gasteiger partial charge < -0.3 is 10.1 Å². The number of rotatable bonds is 4. The van der Waals surface area contributed by atoms with E-state index in [0.29, 0.717) is 24.7 Å². The van der Waals surface area contributed by atoms with E-state index in [1.807, 2.05) is 18.7 Å². The molecule has 2 aliphatic heterocycles. The van der Waals surface area contributed by atoms with Crippen LogP contribution in [0.25, 0.3) is 0 Å². The van der Waals surface area contributed by atoms with Crippen LogP contribution in [0, 0.1) is 6.92 Å². The molecule has 0 aliphatic carbocycles. The number of aromatic nitrogens is 1. The number of sulfone groups is 1. The molecule has 7 nitrogen and oxygen atoms in total. The van der Waals surface area contributed by atoms with Crippen molar-refractivity contribution in [3.8, 4) is 0 Å². The zero-order valence-electron chi connectivity index (χ0n) is 13.9. The second-order valence-electron chi connectivity index (χ2n) is 6.23. The smallest absolute Gasteiger partial charge is 0.240 e. The van der Waals surface area contributed by atoms with Gasteiger partial charge in [0.15, 0.2) is 15.0 Å². The van der Waals surface area contributed by atoms with E-state index in [-0.39, 0.29) is 30.9 Å². The molecule has 134 valence electrons. The molecule has 0 unspecified atom stereocenters. The van der Waals surface area contributed by atoms with E-state index in [9.17, 15) is 13.2 Å². The fraction of sp³-hybridized carbons (Fsp3) is 0.733. The summed E-state index contributed by atoms with van der Waals surface area (Å²) in [6.45, 7) is 5.39. The van der Waals surface area contributed by atoms with E-state index in [2.05, 4.69) is 10.3 Å². The Labute approximate surface area is 146 Å². The van der Waals surface area contributed by atoms with Crippen molar-refractivity contribution in [2.45, 2.75) is 38.0 Å². The molecular weight excluding hydrogens is 350 g/mol. The maximum atomic E-state index is 12.4. The molecule has 0 saturated carbocycles. The summed E-state index contributed by atoms with van der Waals surface area (Å²) in [5.41, 5.74) is 1.00. The number of anilines is 1. The number of fused-ring (bicyclic) bond motifs is 1. The van der Waals surface area contributed by atoms with Crippen molar-refractivity contribution in [1.29, 1.82) is 0 Å². The number of thiazole rings is 1. The van der Waals surface area contributed by atoms with Crippen molar-refractivity contribution in [2.75, 3.05) is 37.4 Å². The molecule has 1 N–H and O–H groups in total. The highest BCUT2D eigenvalue weighted by molar-refractivity contribution is 7.92. The van der Waals surface area contributed by atoms with Gasteiger partial charge in [0.2, 0.25) is 5.91 Å². The lowest BCUT2D eigenvalue weighted by molar-refractivity contribution is -0.118. The zero-order valence-corrected chi connectivity index (χ0v) is 15.6. The van der Waals surface area contributed by atoms with E-state index in [1.54, 1.807) is 0 Å². The van der Waals surface area contributed by atoms with Crippen LogP contribution in [-0.2, 0) is 25.8 Å². The molecule has 3 rings (SSSR count). The lowest BCUT2D eigenvalue weighted by Gasteiger charge is -2.42. The van der Waals surface area contributed by atoms with Crippen molar-refractivity contribution in [3.63, 3.8) is 0 Å². The van der Waals surface area contributed by atoms with Crippen LogP contribution >= 0.6 is 11.3 Å². The summed E-state index contributed by atoms with van der Waals surface area (Å²) in [6.07, 6.45) is 1.49. The highest BCUT2D eigenvalue weighted by Gasteiger charge is 2.43. The molecule has 0 bridgehead atoms. The van der Waals surface area contributed by atoms with Crippen molar-refractivity contribution in [2.24, 2.45) is 0 Å². The van der Waals surface area contributed by atoms with Crippen LogP contribution in [0.15, 0.2) is 0 Å². The summed E-state index contributed by atoms with van der Waals surface area (Å²) in [4.78, 5) is 19.9. The first-order chi connectivity index (χ1) is 11.4. The normalized spacial score (nSPS) is 26.8. The van der Waals surface area contributed by atoms with Gasteiger partial charge in [0.05, 0.1) is 24.6 Å². The molecule has 9 heteroatoms. The van der Waals surface area contributed by atoms with Crippen molar-refractivity contribution < 1.29 is 17.9 Å². The molecule has 24 heavy (non-hydrogen) atoms. The second-order valence-corrected chi connectivity index (χ2v) is 9.77. The highest BCUT2D eigenvalue weighted by atomic mass is 32.2. The lowest BCUT2D eigenvalue weighted by Crippen LogP contribution is -2.59. The van der Waals surface area contributed by atoms with E-state index in [1.165, 1.54) is 11.3 Å². The molecule has 2 aliphatic rings. The average Bonchev–Trinajstić information content (AvgIpc) is 2.90. The van der Waals surface area contributed by atoms with Gasteiger partial charge in [-0.05, 0) is 19.8 Å². The monoisotopic (exact) mass is 373 g/mol. The summed E-state index contributed by atoms with van der Waals surface area (Å²) < 4.78 is 29.7. The van der Waals surface area contributed by atoms with Crippen LogP contribution in [0.5, 0.6) is 0 Å². The van der Waals surface area contributed by atoms with Gasteiger partial charge in [-0.3, -0.25) is 9.69 Å². The molecule has 1 amide bonds. The Kier molecular flexibility index (Phi) is 5.24. The molecule has 2 atom stereocenters. The molecule has 0 spiro atoms. The third kappa shape index (κ3) is 3.63. The number of carbonyl (C=O) groups is 1. The Bertz CT molecular complexity index is 716. The number of nitrogens with one attached hydrogen (secondary N) is 1. The molecule has 1 aromatic heterocycles. The van der Waals surface area contributed by atoms with Crippen molar-refractivity contribution in [1.82, 2.24) is 9.88 Å². The first-order valence-corrected chi connectivity index (χ1v) is 10.7. The second kappa shape index (κ2) is 7.07. The molecule has 0 aromatic carbocycles. The fourth-order valence-corrected chi connectivity index (χ4v) is 6.17. The van der Waals surface area contributed by atoms with E-state index in [0.717, 1.165) is 17.0 Å². The van der Waals surface area contributed by atoms with Gasteiger partial charge in [0.25, 0.3) is 0 Å². The topological polar surface area (TPSA) is 88.6 Å². The predicted molar refractivity (Wildman–Crippen MR) is 93.2 cm³/mol. The van der Waals surface area contributed by atoms with Gasteiger partial charge in [-0.1, -0.05) is 6.92 Å². The number of nitrogens with zero attached hydrogens (tertiary/aromatic N) is 2. The molecule has 0 radical (unpaired) electrons. The van der Waals surface area contributed by atoms with Crippen molar-refractivity contribution >= 4 is 32.2 Å². The highest BCUT2D eigenvalue weighted by Crippen LogP contribution is 2.26. The van der Waals surface area contributed by atoms with Gasteiger partial charge in [-0.15, -0.1) is 11.3 Å². The van der Waals surface area contributed by atoms with E-state index >= 15 is 0 Å². The molecule has 2 fully saturated rings. The largest absolute Gasteiger partial charge is 0.380 e. The Hall–Kier alpha value is -1.03. The van der Waals surface area contributed by atoms with E-state index in [4.69, 9.17) is 4.74 Å². The average molecular weight is 374 g/mol. The number of carbonyl (C=O) groups excluding carboxylic acids is 1. The van der Waals surface area contributed by atoms with Crippen molar-refractivity contribution in [3.05, 3.63) is 10.6 Å². The number of aryl methyl sites for hydroxylation is 2. The Morgan fingerprint density at radius 3 is 3.00 bits per heavy atom. The minimum absolute atomic E-state index is 0.0845. The predicted octanol–water partition coefficient (Wildman–Crippen LogP) is 0.840. The Balaban J connectivity index is 1.65. The fourth-order valence-electron chi connectivity index (χ4n) is 3.37. The van der Waals surface area contributed by atoms with Crippen LogP contribution in [-0.4, -0.2) is 67.6 Å². The molecular formula is C15H23N3O4S2. The first-order valence-electron chi connectivity index (χ1n) is 8.20. The van der Waals surface area contributed by atoms with Gasteiger partial charge >= 0.3 is 0 Å². The van der Waals surface area contributed by atoms with Gasteiger partial charge in [0.1, 0.15) is 5.25 Å². The summed E-state index contributed by atoms with van der Waals surface area (Å²) in [7, 11) is -3.13. The minimum Gasteiger partial charge on any atom is -0.380 e. The summed E-state index contributed by atoms with van der Waals surface area (Å²) >= 11 is 1.47. The minimum atomic E-state index is -3.13. The maximum absolute atomic E-state index is 12.4. The van der Waals surface area contributed by atoms with Crippen LogP contribution in [0.2, 0.25) is 0 Å². The third-order valence-corrected chi connectivity index (χ3v) is 7.74. The molecule has 3 heterocycles. The Morgan fingerprint density at radius 2 is 2.29 bits per heavy atom. The van der Waals surface area contributed by atoms with Crippen LogP contribution in [0.1, 0.15) is 23.9 Å². The molecule has 1 aromatic rings. The van der Waals surface area contributed by atoms with Crippen LogP contribution in [0.3, 0.4) is 0 Å². The Morgan fingerprint density at radius 1 is 1.50 bits per heavy atom. The number of amides is 1. The van der Waals surface area contributed by atoms with Gasteiger partial charge in [-0.2, -0.15) is 0 Å². The zero-order chi connectivity index (χ0) is 17.3. The van der Waals surface area contributed by atoms with Crippen LogP contribution < -0.4 is 5.32 Å². The summed E-state index contributed by atoms with van der Waals surface area (Å²) in [5, 5.41) is 2.95. The summed E-state index contributed by atoms with van der Waals surface area (Å²) in [5.74, 6) is -0.0582. The van der Waals surface area contributed by atoms with E-state index < -0.39 is 15.1 Å². The van der Waals surface area contributed by atoms with Crippen LogP contribution in [0.4, 0.5) is 5.13 Å². The first kappa shape index (κ1) is 17.8. The van der Waals surface area contributed by atoms with Gasteiger partial charge in [0, 0.05) is 24.1 Å². The lowest BCUT2D eigenvalue weighted by atomic mass is 10.1. The summed E-state index contributed by atoms with van der Waals surface area (Å²) in [6, 6.07) is -0.132. The standard InChI is InChI=1S/C15H23N3O4S2/c1-3-11-10(2)23-15(16-11)17-14(19)8-18-5-7-24(20,21)13-9-22-6-4-12(13)18/h12-13H,3-9H2,1-2H3,(H,16,17,19)/t12-,13+/m1/s1. The number of hydrogen-bond donors (Lipinski definition) is 1.